The van der Waals surface area contributed by atoms with Crippen LogP contribution in [0.4, 0.5) is 5.69 Å². The lowest BCUT2D eigenvalue weighted by molar-refractivity contribution is -0.384. The summed E-state index contributed by atoms with van der Waals surface area (Å²) in [6, 6.07) is 5.41. The first-order valence-corrected chi connectivity index (χ1v) is 6.33. The Balaban J connectivity index is 2.10. The lowest BCUT2D eigenvalue weighted by Crippen LogP contribution is -2.49. The summed E-state index contributed by atoms with van der Waals surface area (Å²) in [5, 5.41) is 14.2. The minimum Gasteiger partial charge on any atom is -0.314 e. The Bertz CT molecular complexity index is 453. The summed E-state index contributed by atoms with van der Waals surface area (Å²) >= 11 is 5.91. The maximum atomic E-state index is 10.7. The molecule has 1 aliphatic heterocycles. The molecule has 1 aliphatic rings. The van der Waals surface area contributed by atoms with E-state index >= 15 is 0 Å². The molecule has 1 N–H and O–H groups in total. The zero-order valence-electron chi connectivity index (χ0n) is 10.2. The van der Waals surface area contributed by atoms with Crippen LogP contribution in [0.2, 0.25) is 5.02 Å². The molecule has 98 valence electrons. The van der Waals surface area contributed by atoms with Crippen LogP contribution in [0.5, 0.6) is 0 Å². The maximum Gasteiger partial charge on any atom is 0.287 e. The number of nitro groups is 1. The molecule has 0 aromatic heterocycles. The van der Waals surface area contributed by atoms with Crippen LogP contribution in [0.3, 0.4) is 0 Å². The summed E-state index contributed by atoms with van der Waals surface area (Å²) in [6.07, 6.45) is 0. The number of rotatable bonds is 3. The highest BCUT2D eigenvalue weighted by Crippen LogP contribution is 2.25. The van der Waals surface area contributed by atoms with E-state index < -0.39 is 4.92 Å². The summed E-state index contributed by atoms with van der Waals surface area (Å²) < 4.78 is 0. The van der Waals surface area contributed by atoms with Gasteiger partial charge in [0.15, 0.2) is 0 Å². The smallest absolute Gasteiger partial charge is 0.287 e. The normalized spacial score (nSPS) is 20.9. The van der Waals surface area contributed by atoms with Gasteiger partial charge in [-0.15, -0.1) is 0 Å². The number of hydrogen-bond donors (Lipinski definition) is 1. The molecule has 0 saturated carbocycles. The van der Waals surface area contributed by atoms with Gasteiger partial charge in [0.05, 0.1) is 4.92 Å². The van der Waals surface area contributed by atoms with E-state index in [2.05, 4.69) is 17.1 Å². The Hall–Kier alpha value is -1.17. The van der Waals surface area contributed by atoms with Crippen LogP contribution in [0.25, 0.3) is 0 Å². The van der Waals surface area contributed by atoms with Crippen molar-refractivity contribution in [3.63, 3.8) is 0 Å². The minimum atomic E-state index is -0.459. The molecule has 6 heteroatoms. The second kappa shape index (κ2) is 5.65. The van der Waals surface area contributed by atoms with Crippen molar-refractivity contribution in [1.29, 1.82) is 0 Å². The predicted molar refractivity (Wildman–Crippen MR) is 70.8 cm³/mol. The van der Waals surface area contributed by atoms with E-state index in [1.807, 2.05) is 0 Å². The van der Waals surface area contributed by atoms with E-state index in [1.165, 1.54) is 6.07 Å². The van der Waals surface area contributed by atoms with Crippen LogP contribution in [0.1, 0.15) is 12.5 Å². The van der Waals surface area contributed by atoms with Crippen LogP contribution >= 0.6 is 11.6 Å². The highest BCUT2D eigenvalue weighted by Gasteiger charge is 2.19. The monoisotopic (exact) mass is 269 g/mol. The zero-order chi connectivity index (χ0) is 13.1. The highest BCUT2D eigenvalue weighted by atomic mass is 35.5. The van der Waals surface area contributed by atoms with Crippen LogP contribution in [-0.2, 0) is 6.54 Å². The molecule has 1 saturated heterocycles. The van der Waals surface area contributed by atoms with Gasteiger partial charge in [0, 0.05) is 38.3 Å². The Morgan fingerprint density at radius 3 is 3.00 bits per heavy atom. The Morgan fingerprint density at radius 2 is 2.39 bits per heavy atom. The molecule has 1 atom stereocenters. The van der Waals surface area contributed by atoms with Crippen molar-refractivity contribution in [2.24, 2.45) is 0 Å². The number of nitrogens with one attached hydrogen (secondary N) is 1. The first kappa shape index (κ1) is 13.3. The molecule has 18 heavy (non-hydrogen) atoms. The molecule has 1 aromatic carbocycles. The third-order valence-electron chi connectivity index (χ3n) is 3.23. The molecule has 0 amide bonds. The largest absolute Gasteiger partial charge is 0.314 e. The summed E-state index contributed by atoms with van der Waals surface area (Å²) in [4.78, 5) is 12.6. The quantitative estimate of drug-likeness (QED) is 0.674. The number of nitro benzene ring substituents is 1. The summed E-state index contributed by atoms with van der Waals surface area (Å²) in [6.45, 7) is 5.88. The van der Waals surface area contributed by atoms with Gasteiger partial charge in [0.2, 0.25) is 0 Å². The molecule has 0 radical (unpaired) electrons. The second-order valence-corrected chi connectivity index (χ2v) is 4.97. The zero-order valence-corrected chi connectivity index (χ0v) is 11.0. The highest BCUT2D eigenvalue weighted by molar-refractivity contribution is 6.32. The summed E-state index contributed by atoms with van der Waals surface area (Å²) in [5.41, 5.74) is 0.980. The van der Waals surface area contributed by atoms with Gasteiger partial charge in [-0.3, -0.25) is 15.0 Å². The van der Waals surface area contributed by atoms with E-state index in [4.69, 9.17) is 11.6 Å². The van der Waals surface area contributed by atoms with Gasteiger partial charge in [0.25, 0.3) is 5.69 Å². The third kappa shape index (κ3) is 2.98. The van der Waals surface area contributed by atoms with Crippen LogP contribution in [-0.4, -0.2) is 35.5 Å². The number of halogens is 1. The molecule has 1 heterocycles. The lowest BCUT2D eigenvalue weighted by Gasteiger charge is -2.33. The van der Waals surface area contributed by atoms with Crippen molar-refractivity contribution in [3.05, 3.63) is 38.9 Å². The first-order valence-electron chi connectivity index (χ1n) is 5.95. The van der Waals surface area contributed by atoms with Crippen molar-refractivity contribution < 1.29 is 4.92 Å². The molecule has 0 unspecified atom stereocenters. The molecule has 1 fully saturated rings. The molecule has 5 nitrogen and oxygen atoms in total. The van der Waals surface area contributed by atoms with E-state index in [0.717, 1.165) is 31.7 Å². The van der Waals surface area contributed by atoms with E-state index in [1.54, 1.807) is 12.1 Å². The van der Waals surface area contributed by atoms with E-state index in [-0.39, 0.29) is 10.7 Å². The number of hydrogen-bond acceptors (Lipinski definition) is 4. The van der Waals surface area contributed by atoms with Gasteiger partial charge in [-0.25, -0.2) is 0 Å². The molecular formula is C12H16ClN3O2. The Morgan fingerprint density at radius 1 is 1.61 bits per heavy atom. The fraction of sp³-hybridized carbons (Fsp3) is 0.500. The number of piperazine rings is 1. The predicted octanol–water partition coefficient (Wildman–Crippen LogP) is 2.04. The topological polar surface area (TPSA) is 58.4 Å². The van der Waals surface area contributed by atoms with Crippen LogP contribution < -0.4 is 5.32 Å². The molecule has 0 bridgehead atoms. The van der Waals surface area contributed by atoms with Crippen molar-refractivity contribution in [3.8, 4) is 0 Å². The van der Waals surface area contributed by atoms with Gasteiger partial charge < -0.3 is 5.32 Å². The third-order valence-corrected chi connectivity index (χ3v) is 3.54. The lowest BCUT2D eigenvalue weighted by atomic mass is 10.1. The van der Waals surface area contributed by atoms with Gasteiger partial charge in [-0.05, 0) is 18.6 Å². The van der Waals surface area contributed by atoms with Crippen molar-refractivity contribution in [2.75, 3.05) is 19.6 Å². The first-order chi connectivity index (χ1) is 8.58. The standard InChI is InChI=1S/C12H16ClN3O2/c1-9-7-14-4-5-15(9)8-10-2-3-12(16(17)18)11(13)6-10/h2-3,6,9,14H,4-5,7-8H2,1H3/t9-/m0/s1. The molecule has 1 aromatic rings. The number of nitrogens with zero attached hydrogens (tertiary/aromatic N) is 2. The fourth-order valence-corrected chi connectivity index (χ4v) is 2.42. The average molecular weight is 270 g/mol. The fourth-order valence-electron chi connectivity index (χ4n) is 2.15. The molecule has 0 spiro atoms. The molecule has 0 aliphatic carbocycles. The van der Waals surface area contributed by atoms with Crippen LogP contribution in [0.15, 0.2) is 18.2 Å². The van der Waals surface area contributed by atoms with Gasteiger partial charge in [-0.2, -0.15) is 0 Å². The van der Waals surface area contributed by atoms with Crippen LogP contribution in [0, 0.1) is 10.1 Å². The van der Waals surface area contributed by atoms with Gasteiger partial charge >= 0.3 is 0 Å². The maximum absolute atomic E-state index is 10.7. The van der Waals surface area contributed by atoms with Gasteiger partial charge in [0.1, 0.15) is 5.02 Å². The van der Waals surface area contributed by atoms with Crippen molar-refractivity contribution in [1.82, 2.24) is 10.2 Å². The Labute approximate surface area is 111 Å². The van der Waals surface area contributed by atoms with E-state index in [0.29, 0.717) is 6.04 Å². The summed E-state index contributed by atoms with van der Waals surface area (Å²) in [5.74, 6) is 0. The SMILES string of the molecule is C[C@H]1CNCCN1Cc1ccc([N+](=O)[O-])c(Cl)c1. The number of benzene rings is 1. The van der Waals surface area contributed by atoms with E-state index in [9.17, 15) is 10.1 Å². The molecule has 2 rings (SSSR count). The average Bonchev–Trinajstić information content (AvgIpc) is 2.32. The van der Waals surface area contributed by atoms with Crippen molar-refractivity contribution in [2.45, 2.75) is 19.5 Å². The molecular weight excluding hydrogens is 254 g/mol. The summed E-state index contributed by atoms with van der Waals surface area (Å²) in [7, 11) is 0. The Kier molecular flexibility index (Phi) is 4.16. The minimum absolute atomic E-state index is 0.0335. The van der Waals surface area contributed by atoms with Crippen molar-refractivity contribution >= 4 is 17.3 Å². The second-order valence-electron chi connectivity index (χ2n) is 4.57. The van der Waals surface area contributed by atoms with Gasteiger partial charge in [-0.1, -0.05) is 17.7 Å².